The van der Waals surface area contributed by atoms with E-state index in [1.165, 1.54) is 17.2 Å². The molecular weight excluding hydrogens is 220 g/mol. The van der Waals surface area contributed by atoms with Gasteiger partial charge in [0.15, 0.2) is 5.69 Å². The number of carbonyl (C=O) groups excluding carboxylic acids is 1. The van der Waals surface area contributed by atoms with Crippen LogP contribution in [0.1, 0.15) is 31.3 Å². The highest BCUT2D eigenvalue weighted by Gasteiger charge is 2.24. The first kappa shape index (κ1) is 13.4. The Bertz CT molecular complexity index is 399. The van der Waals surface area contributed by atoms with Gasteiger partial charge in [0, 0.05) is 19.3 Å². The van der Waals surface area contributed by atoms with Gasteiger partial charge in [-0.25, -0.2) is 4.98 Å². The van der Waals surface area contributed by atoms with Crippen LogP contribution < -0.4 is 0 Å². The van der Waals surface area contributed by atoms with E-state index in [1.807, 2.05) is 6.92 Å². The molecule has 0 saturated heterocycles. The van der Waals surface area contributed by atoms with Gasteiger partial charge in [-0.1, -0.05) is 0 Å². The molecule has 1 amide bonds. The van der Waals surface area contributed by atoms with Crippen LogP contribution in [0, 0.1) is 0 Å². The molecule has 94 valence electrons. The van der Waals surface area contributed by atoms with Gasteiger partial charge in [-0.15, -0.1) is 0 Å². The molecule has 1 aromatic heterocycles. The third kappa shape index (κ3) is 3.71. The Balaban J connectivity index is 2.91. The summed E-state index contributed by atoms with van der Waals surface area (Å²) in [5.74, 6) is -0.528. The molecular formula is C12H18N2O3. The predicted octanol–water partition coefficient (Wildman–Crippen LogP) is 1.02. The van der Waals surface area contributed by atoms with Gasteiger partial charge in [0.05, 0.1) is 5.60 Å². The number of aromatic hydroxyl groups is 1. The van der Waals surface area contributed by atoms with E-state index < -0.39 is 5.60 Å². The molecule has 5 nitrogen and oxygen atoms in total. The van der Waals surface area contributed by atoms with Crippen molar-refractivity contribution in [2.24, 2.45) is 0 Å². The van der Waals surface area contributed by atoms with E-state index in [1.54, 1.807) is 19.9 Å². The maximum Gasteiger partial charge on any atom is 0.276 e. The Labute approximate surface area is 101 Å². The number of aromatic nitrogens is 1. The van der Waals surface area contributed by atoms with Gasteiger partial charge in [-0.2, -0.15) is 0 Å². The first-order valence-electron chi connectivity index (χ1n) is 5.51. The average molecular weight is 238 g/mol. The summed E-state index contributed by atoms with van der Waals surface area (Å²) in [7, 11) is 0. The Morgan fingerprint density at radius 2 is 2.18 bits per heavy atom. The highest BCUT2D eigenvalue weighted by atomic mass is 16.3. The van der Waals surface area contributed by atoms with Crippen LogP contribution in [0.4, 0.5) is 0 Å². The average Bonchev–Trinajstić information content (AvgIpc) is 2.24. The van der Waals surface area contributed by atoms with Gasteiger partial charge < -0.3 is 15.1 Å². The third-order valence-electron chi connectivity index (χ3n) is 2.24. The predicted molar refractivity (Wildman–Crippen MR) is 63.8 cm³/mol. The third-order valence-corrected chi connectivity index (χ3v) is 2.24. The molecule has 0 bridgehead atoms. The van der Waals surface area contributed by atoms with Crippen LogP contribution in [-0.2, 0) is 0 Å². The molecule has 0 aliphatic rings. The molecule has 0 saturated carbocycles. The van der Waals surface area contributed by atoms with Crippen molar-refractivity contribution in [1.29, 1.82) is 0 Å². The first-order chi connectivity index (χ1) is 7.85. The molecule has 2 N–H and O–H groups in total. The van der Waals surface area contributed by atoms with E-state index in [9.17, 15) is 15.0 Å². The normalized spacial score (nSPS) is 11.3. The number of hydrogen-bond donors (Lipinski definition) is 2. The molecule has 5 heteroatoms. The van der Waals surface area contributed by atoms with Crippen molar-refractivity contribution in [3.05, 3.63) is 24.0 Å². The zero-order valence-electron chi connectivity index (χ0n) is 10.3. The Morgan fingerprint density at radius 3 is 2.65 bits per heavy atom. The molecule has 0 unspecified atom stereocenters. The second-order valence-corrected chi connectivity index (χ2v) is 4.50. The summed E-state index contributed by atoms with van der Waals surface area (Å²) >= 11 is 0. The quantitative estimate of drug-likeness (QED) is 0.821. The minimum absolute atomic E-state index is 0.0126. The number of amides is 1. The largest absolute Gasteiger partial charge is 0.505 e. The Kier molecular flexibility index (Phi) is 4.07. The van der Waals surface area contributed by atoms with Crippen molar-refractivity contribution in [2.75, 3.05) is 13.1 Å². The fourth-order valence-corrected chi connectivity index (χ4v) is 1.51. The first-order valence-corrected chi connectivity index (χ1v) is 5.51. The standard InChI is InChI=1S/C12H18N2O3/c1-4-14(8-12(2,3)17)11(16)10-9(15)6-5-7-13-10/h5-7,15,17H,4,8H2,1-3H3. The van der Waals surface area contributed by atoms with Gasteiger partial charge in [0.25, 0.3) is 5.91 Å². The summed E-state index contributed by atoms with van der Waals surface area (Å²) < 4.78 is 0. The second-order valence-electron chi connectivity index (χ2n) is 4.50. The molecule has 0 aromatic carbocycles. The lowest BCUT2D eigenvalue weighted by Gasteiger charge is -2.27. The summed E-state index contributed by atoms with van der Waals surface area (Å²) in [6.45, 7) is 5.70. The van der Waals surface area contributed by atoms with Gasteiger partial charge in [0.1, 0.15) is 5.75 Å². The number of nitrogens with zero attached hydrogens (tertiary/aromatic N) is 2. The van der Waals surface area contributed by atoms with Gasteiger partial charge >= 0.3 is 0 Å². The molecule has 1 rings (SSSR count). The Morgan fingerprint density at radius 1 is 1.53 bits per heavy atom. The van der Waals surface area contributed by atoms with Crippen molar-refractivity contribution < 1.29 is 15.0 Å². The van der Waals surface area contributed by atoms with E-state index >= 15 is 0 Å². The second kappa shape index (κ2) is 5.14. The van der Waals surface area contributed by atoms with Crippen molar-refractivity contribution in [3.8, 4) is 5.75 Å². The zero-order valence-corrected chi connectivity index (χ0v) is 10.3. The van der Waals surface area contributed by atoms with Crippen LogP contribution >= 0.6 is 0 Å². The maximum atomic E-state index is 12.1. The van der Waals surface area contributed by atoms with Gasteiger partial charge in [-0.3, -0.25) is 4.79 Å². The fourth-order valence-electron chi connectivity index (χ4n) is 1.51. The highest BCUT2D eigenvalue weighted by Crippen LogP contribution is 2.16. The Hall–Kier alpha value is -1.62. The molecule has 0 atom stereocenters. The summed E-state index contributed by atoms with van der Waals surface area (Å²) in [6.07, 6.45) is 1.45. The van der Waals surface area contributed by atoms with E-state index in [-0.39, 0.29) is 23.9 Å². The molecule has 0 fully saturated rings. The SMILES string of the molecule is CCN(CC(C)(C)O)C(=O)c1ncccc1O. The van der Waals surface area contributed by atoms with Crippen molar-refractivity contribution in [2.45, 2.75) is 26.4 Å². The lowest BCUT2D eigenvalue weighted by atomic mass is 10.1. The van der Waals surface area contributed by atoms with E-state index in [0.29, 0.717) is 6.54 Å². The van der Waals surface area contributed by atoms with Crippen LogP contribution in [0.3, 0.4) is 0 Å². The minimum Gasteiger partial charge on any atom is -0.505 e. The number of aliphatic hydroxyl groups is 1. The number of carbonyl (C=O) groups is 1. The lowest BCUT2D eigenvalue weighted by molar-refractivity contribution is 0.0310. The van der Waals surface area contributed by atoms with Crippen LogP contribution in [0.25, 0.3) is 0 Å². The number of pyridine rings is 1. The molecule has 1 aromatic rings. The van der Waals surface area contributed by atoms with Gasteiger partial charge in [-0.05, 0) is 32.9 Å². The van der Waals surface area contributed by atoms with Crippen molar-refractivity contribution in [1.82, 2.24) is 9.88 Å². The van der Waals surface area contributed by atoms with Crippen LogP contribution in [0.15, 0.2) is 18.3 Å². The van der Waals surface area contributed by atoms with Crippen LogP contribution in [0.5, 0.6) is 5.75 Å². The molecule has 0 radical (unpaired) electrons. The van der Waals surface area contributed by atoms with Crippen LogP contribution in [-0.4, -0.2) is 44.7 Å². The fraction of sp³-hybridized carbons (Fsp3) is 0.500. The smallest absolute Gasteiger partial charge is 0.276 e. The molecule has 0 aliphatic heterocycles. The monoisotopic (exact) mass is 238 g/mol. The molecule has 1 heterocycles. The molecule has 0 aliphatic carbocycles. The number of hydrogen-bond acceptors (Lipinski definition) is 4. The van der Waals surface area contributed by atoms with Crippen LogP contribution in [0.2, 0.25) is 0 Å². The molecule has 17 heavy (non-hydrogen) atoms. The van der Waals surface area contributed by atoms with E-state index in [0.717, 1.165) is 0 Å². The van der Waals surface area contributed by atoms with Gasteiger partial charge in [0.2, 0.25) is 0 Å². The summed E-state index contributed by atoms with van der Waals surface area (Å²) in [6, 6.07) is 2.97. The summed E-state index contributed by atoms with van der Waals surface area (Å²) in [5.41, 5.74) is -0.964. The lowest BCUT2D eigenvalue weighted by Crippen LogP contribution is -2.42. The zero-order chi connectivity index (χ0) is 13.1. The minimum atomic E-state index is -0.976. The number of likely N-dealkylation sites (N-methyl/N-ethyl adjacent to an activating group) is 1. The topological polar surface area (TPSA) is 73.7 Å². The maximum absolute atomic E-state index is 12.1. The summed E-state index contributed by atoms with van der Waals surface area (Å²) in [5, 5.41) is 19.3. The van der Waals surface area contributed by atoms with Crippen molar-refractivity contribution >= 4 is 5.91 Å². The highest BCUT2D eigenvalue weighted by molar-refractivity contribution is 5.94. The number of rotatable bonds is 4. The van der Waals surface area contributed by atoms with Crippen molar-refractivity contribution in [3.63, 3.8) is 0 Å². The van der Waals surface area contributed by atoms with E-state index in [4.69, 9.17) is 0 Å². The van der Waals surface area contributed by atoms with E-state index in [2.05, 4.69) is 4.98 Å². The molecule has 0 spiro atoms. The summed E-state index contributed by atoms with van der Waals surface area (Å²) in [4.78, 5) is 17.4.